The van der Waals surface area contributed by atoms with Crippen LogP contribution in [0.1, 0.15) is 17.1 Å². The van der Waals surface area contributed by atoms with Crippen LogP contribution in [-0.2, 0) is 13.1 Å². The van der Waals surface area contributed by atoms with E-state index in [4.69, 9.17) is 4.42 Å². The maximum atomic E-state index is 5.56. The van der Waals surface area contributed by atoms with Crippen molar-refractivity contribution >= 4 is 5.82 Å². The second-order valence-electron chi connectivity index (χ2n) is 4.49. The molecular weight excluding hydrogens is 226 g/mol. The van der Waals surface area contributed by atoms with Gasteiger partial charge in [0, 0.05) is 19.8 Å². The van der Waals surface area contributed by atoms with E-state index < -0.39 is 0 Å². The molecule has 4 heteroatoms. The van der Waals surface area contributed by atoms with Gasteiger partial charge in [-0.1, -0.05) is 6.07 Å². The molecular formula is C14H19N3O. The summed E-state index contributed by atoms with van der Waals surface area (Å²) in [5.41, 5.74) is 1.19. The molecule has 0 radical (unpaired) electrons. The average molecular weight is 245 g/mol. The predicted molar refractivity (Wildman–Crippen MR) is 72.4 cm³/mol. The summed E-state index contributed by atoms with van der Waals surface area (Å²) in [4.78, 5) is 6.50. The Morgan fingerprint density at radius 1 is 1.22 bits per heavy atom. The number of pyridine rings is 1. The van der Waals surface area contributed by atoms with Crippen molar-refractivity contribution in [3.63, 3.8) is 0 Å². The normalized spacial score (nSPS) is 10.9. The molecule has 2 aromatic rings. The van der Waals surface area contributed by atoms with E-state index in [1.54, 1.807) is 0 Å². The fourth-order valence-electron chi connectivity index (χ4n) is 1.87. The largest absolute Gasteiger partial charge is 0.465 e. The third-order valence-corrected chi connectivity index (χ3v) is 2.76. The maximum absolute atomic E-state index is 5.56. The van der Waals surface area contributed by atoms with Gasteiger partial charge < -0.3 is 9.73 Å². The Hall–Kier alpha value is -1.81. The Labute approximate surface area is 108 Å². The van der Waals surface area contributed by atoms with Crippen LogP contribution in [0.4, 0.5) is 5.82 Å². The molecule has 0 saturated carbocycles. The first-order valence-corrected chi connectivity index (χ1v) is 6.04. The number of hydrogen-bond donors (Lipinski definition) is 1. The monoisotopic (exact) mass is 245 g/mol. The molecule has 0 fully saturated rings. The summed E-state index contributed by atoms with van der Waals surface area (Å²) >= 11 is 0. The molecule has 0 unspecified atom stereocenters. The van der Waals surface area contributed by atoms with E-state index in [0.717, 1.165) is 30.4 Å². The van der Waals surface area contributed by atoms with Crippen molar-refractivity contribution in [1.29, 1.82) is 0 Å². The summed E-state index contributed by atoms with van der Waals surface area (Å²) in [5, 5.41) is 3.01. The fraction of sp³-hybridized carbons (Fsp3) is 0.357. The second kappa shape index (κ2) is 5.69. The van der Waals surface area contributed by atoms with Gasteiger partial charge in [0.2, 0.25) is 0 Å². The summed E-state index contributed by atoms with van der Waals surface area (Å²) in [6.07, 6.45) is 1.90. The van der Waals surface area contributed by atoms with Crippen molar-refractivity contribution in [1.82, 2.24) is 9.88 Å². The molecule has 0 spiro atoms. The lowest BCUT2D eigenvalue weighted by Crippen LogP contribution is -2.17. The van der Waals surface area contributed by atoms with Gasteiger partial charge in [-0.15, -0.1) is 0 Å². The highest BCUT2D eigenvalue weighted by atomic mass is 16.3. The lowest BCUT2D eigenvalue weighted by Gasteiger charge is -2.15. The Morgan fingerprint density at radius 3 is 2.61 bits per heavy atom. The second-order valence-corrected chi connectivity index (χ2v) is 4.49. The molecule has 0 amide bonds. The number of nitrogens with one attached hydrogen (secondary N) is 1. The first-order valence-electron chi connectivity index (χ1n) is 6.04. The minimum absolute atomic E-state index is 0.807. The van der Waals surface area contributed by atoms with Gasteiger partial charge in [-0.2, -0.15) is 0 Å². The molecule has 18 heavy (non-hydrogen) atoms. The SMILES string of the molecule is CNc1ccc(CN(C)Cc2ccc(C)o2)cn1. The van der Waals surface area contributed by atoms with Crippen LogP contribution < -0.4 is 5.32 Å². The quantitative estimate of drug-likeness (QED) is 0.879. The van der Waals surface area contributed by atoms with E-state index in [1.165, 1.54) is 5.56 Å². The van der Waals surface area contributed by atoms with Gasteiger partial charge in [-0.3, -0.25) is 4.90 Å². The van der Waals surface area contributed by atoms with Crippen molar-refractivity contribution in [3.8, 4) is 0 Å². The zero-order chi connectivity index (χ0) is 13.0. The summed E-state index contributed by atoms with van der Waals surface area (Å²) in [6.45, 7) is 3.63. The number of aromatic nitrogens is 1. The predicted octanol–water partition coefficient (Wildman–Crippen LogP) is 2.66. The molecule has 0 bridgehead atoms. The lowest BCUT2D eigenvalue weighted by molar-refractivity contribution is 0.285. The molecule has 0 aliphatic heterocycles. The molecule has 96 valence electrons. The Kier molecular flexibility index (Phi) is 3.99. The molecule has 0 aliphatic rings. The van der Waals surface area contributed by atoms with Gasteiger partial charge in [0.15, 0.2) is 0 Å². The van der Waals surface area contributed by atoms with Gasteiger partial charge in [0.25, 0.3) is 0 Å². The van der Waals surface area contributed by atoms with E-state index in [9.17, 15) is 0 Å². The first kappa shape index (κ1) is 12.6. The minimum Gasteiger partial charge on any atom is -0.465 e. The van der Waals surface area contributed by atoms with E-state index in [-0.39, 0.29) is 0 Å². The molecule has 1 N–H and O–H groups in total. The summed E-state index contributed by atoms with van der Waals surface area (Å²) in [6, 6.07) is 8.09. The zero-order valence-corrected chi connectivity index (χ0v) is 11.1. The summed E-state index contributed by atoms with van der Waals surface area (Å²) < 4.78 is 5.56. The number of hydrogen-bond acceptors (Lipinski definition) is 4. The van der Waals surface area contributed by atoms with E-state index >= 15 is 0 Å². The van der Waals surface area contributed by atoms with Crippen LogP contribution in [0.3, 0.4) is 0 Å². The van der Waals surface area contributed by atoms with Crippen molar-refractivity contribution < 1.29 is 4.42 Å². The van der Waals surface area contributed by atoms with Crippen molar-refractivity contribution in [2.75, 3.05) is 19.4 Å². The lowest BCUT2D eigenvalue weighted by atomic mass is 10.2. The van der Waals surface area contributed by atoms with Crippen LogP contribution >= 0.6 is 0 Å². The zero-order valence-electron chi connectivity index (χ0n) is 11.1. The van der Waals surface area contributed by atoms with Gasteiger partial charge >= 0.3 is 0 Å². The Morgan fingerprint density at radius 2 is 2.06 bits per heavy atom. The maximum Gasteiger partial charge on any atom is 0.125 e. The van der Waals surface area contributed by atoms with Gasteiger partial charge in [-0.05, 0) is 37.7 Å². The van der Waals surface area contributed by atoms with Crippen molar-refractivity contribution in [3.05, 3.63) is 47.5 Å². The molecule has 0 aliphatic carbocycles. The van der Waals surface area contributed by atoms with Gasteiger partial charge in [0.05, 0.1) is 6.54 Å². The standard InChI is InChI=1S/C14H19N3O/c1-11-4-6-13(18-11)10-17(3)9-12-5-7-14(15-2)16-8-12/h4-8H,9-10H2,1-3H3,(H,15,16). The summed E-state index contributed by atoms with van der Waals surface area (Å²) in [7, 11) is 3.94. The van der Waals surface area contributed by atoms with E-state index in [1.807, 2.05) is 38.4 Å². The summed E-state index contributed by atoms with van der Waals surface area (Å²) in [5.74, 6) is 2.84. The molecule has 0 saturated heterocycles. The number of rotatable bonds is 5. The average Bonchev–Trinajstić information content (AvgIpc) is 2.75. The van der Waals surface area contributed by atoms with Crippen LogP contribution in [0.5, 0.6) is 0 Å². The molecule has 2 aromatic heterocycles. The van der Waals surface area contributed by atoms with Crippen LogP contribution in [0.2, 0.25) is 0 Å². The van der Waals surface area contributed by atoms with Crippen LogP contribution in [0.25, 0.3) is 0 Å². The number of nitrogens with zero attached hydrogens (tertiary/aromatic N) is 2. The third-order valence-electron chi connectivity index (χ3n) is 2.76. The molecule has 0 aromatic carbocycles. The van der Waals surface area contributed by atoms with Gasteiger partial charge in [-0.25, -0.2) is 4.98 Å². The highest BCUT2D eigenvalue weighted by molar-refractivity contribution is 5.34. The Balaban J connectivity index is 1.91. The van der Waals surface area contributed by atoms with Crippen LogP contribution in [-0.4, -0.2) is 24.0 Å². The van der Waals surface area contributed by atoms with Gasteiger partial charge in [0.1, 0.15) is 17.3 Å². The van der Waals surface area contributed by atoms with Crippen molar-refractivity contribution in [2.24, 2.45) is 0 Å². The van der Waals surface area contributed by atoms with Crippen LogP contribution in [0, 0.1) is 6.92 Å². The fourth-order valence-corrected chi connectivity index (χ4v) is 1.87. The number of aryl methyl sites for hydroxylation is 1. The highest BCUT2D eigenvalue weighted by Gasteiger charge is 2.05. The van der Waals surface area contributed by atoms with Crippen molar-refractivity contribution in [2.45, 2.75) is 20.0 Å². The molecule has 2 heterocycles. The number of furan rings is 1. The van der Waals surface area contributed by atoms with E-state index in [0.29, 0.717) is 0 Å². The smallest absolute Gasteiger partial charge is 0.125 e. The molecule has 4 nitrogen and oxygen atoms in total. The minimum atomic E-state index is 0.807. The van der Waals surface area contributed by atoms with E-state index in [2.05, 4.69) is 28.3 Å². The topological polar surface area (TPSA) is 41.3 Å². The third kappa shape index (κ3) is 3.34. The number of anilines is 1. The molecule has 2 rings (SSSR count). The highest BCUT2D eigenvalue weighted by Crippen LogP contribution is 2.11. The van der Waals surface area contributed by atoms with Crippen LogP contribution in [0.15, 0.2) is 34.9 Å². The Bertz CT molecular complexity index is 490. The molecule has 0 atom stereocenters. The first-order chi connectivity index (χ1) is 8.67.